The molecule has 3 aromatic rings. The van der Waals surface area contributed by atoms with Crippen LogP contribution in [0.25, 0.3) is 11.3 Å². The Morgan fingerprint density at radius 1 is 1.07 bits per heavy atom. The Kier molecular flexibility index (Phi) is 6.16. The number of nitrogens with zero attached hydrogens (tertiary/aromatic N) is 1. The van der Waals surface area contributed by atoms with Crippen molar-refractivity contribution in [2.45, 2.75) is 13.0 Å². The van der Waals surface area contributed by atoms with Crippen LogP contribution in [0.15, 0.2) is 51.6 Å². The minimum absolute atomic E-state index is 0.0247. The van der Waals surface area contributed by atoms with Crippen LogP contribution in [0.2, 0.25) is 0 Å². The van der Waals surface area contributed by atoms with Crippen molar-refractivity contribution in [3.8, 4) is 22.8 Å². The summed E-state index contributed by atoms with van der Waals surface area (Å²) >= 11 is 3.43. The summed E-state index contributed by atoms with van der Waals surface area (Å²) in [5, 5.41) is 0. The summed E-state index contributed by atoms with van der Waals surface area (Å²) in [6.45, 7) is 1.98. The number of hydrogen-bond acceptors (Lipinski definition) is 6. The van der Waals surface area contributed by atoms with Crippen LogP contribution >= 0.6 is 15.9 Å². The van der Waals surface area contributed by atoms with Gasteiger partial charge in [0.1, 0.15) is 27.9 Å². The molecule has 0 aliphatic heterocycles. The van der Waals surface area contributed by atoms with Crippen LogP contribution in [0.1, 0.15) is 27.9 Å². The Bertz CT molecular complexity index is 956. The predicted molar refractivity (Wildman–Crippen MR) is 108 cm³/mol. The van der Waals surface area contributed by atoms with Gasteiger partial charge in [-0.25, -0.2) is 4.98 Å². The zero-order valence-electron chi connectivity index (χ0n) is 16.0. The number of carbonyl (C=O) groups is 1. The van der Waals surface area contributed by atoms with Crippen molar-refractivity contribution in [2.75, 3.05) is 21.3 Å². The minimum Gasteiger partial charge on any atom is -0.495 e. The maximum absolute atomic E-state index is 12.9. The summed E-state index contributed by atoms with van der Waals surface area (Å²) in [6.07, 6.45) is 0.637. The summed E-state index contributed by atoms with van der Waals surface area (Å²) in [7, 11) is 4.61. The van der Waals surface area contributed by atoms with Crippen LogP contribution in [-0.2, 0) is 4.74 Å². The lowest BCUT2D eigenvalue weighted by Gasteiger charge is -2.12. The van der Waals surface area contributed by atoms with Crippen molar-refractivity contribution < 1.29 is 23.4 Å². The molecule has 0 fully saturated rings. The van der Waals surface area contributed by atoms with Crippen molar-refractivity contribution in [3.05, 3.63) is 64.2 Å². The Hall–Kier alpha value is -2.64. The fraction of sp³-hybridized carbons (Fsp3) is 0.238. The summed E-state index contributed by atoms with van der Waals surface area (Å²) in [4.78, 5) is 17.2. The van der Waals surface area contributed by atoms with E-state index in [1.165, 1.54) is 13.4 Å². The highest BCUT2D eigenvalue weighted by Gasteiger charge is 2.26. The molecule has 1 heterocycles. The van der Waals surface area contributed by atoms with E-state index >= 15 is 0 Å². The van der Waals surface area contributed by atoms with E-state index in [1.54, 1.807) is 26.4 Å². The lowest BCUT2D eigenvalue weighted by atomic mass is 10.0. The lowest BCUT2D eigenvalue weighted by molar-refractivity contribution is 0.0569. The molecule has 1 atom stereocenters. The quantitative estimate of drug-likeness (QED) is 0.476. The van der Waals surface area contributed by atoms with Gasteiger partial charge in [-0.1, -0.05) is 29.8 Å². The summed E-state index contributed by atoms with van der Waals surface area (Å²) in [6, 6.07) is 11.1. The fourth-order valence-electron chi connectivity index (χ4n) is 2.78. The number of oxazole rings is 1. The van der Waals surface area contributed by atoms with E-state index in [0.29, 0.717) is 27.2 Å². The predicted octanol–water partition coefficient (Wildman–Crippen LogP) is 5.00. The van der Waals surface area contributed by atoms with E-state index in [-0.39, 0.29) is 11.7 Å². The number of methoxy groups -OCH3 is 3. The number of rotatable bonds is 7. The zero-order chi connectivity index (χ0) is 20.3. The van der Waals surface area contributed by atoms with Crippen LogP contribution in [0.4, 0.5) is 0 Å². The molecule has 7 heteroatoms. The number of hydrogen-bond donors (Lipinski definition) is 0. The number of aryl methyl sites for hydroxylation is 1. The standard InChI is InChI=1S/C21H20BrNO5/c1-12-5-7-13(8-6-12)20(27-4)19(24)21-23-15(11-28-21)14-9-16(25-2)18(22)17(10-14)26-3/h5-11,20H,1-4H3. The van der Waals surface area contributed by atoms with Gasteiger partial charge in [0.25, 0.3) is 11.7 Å². The highest BCUT2D eigenvalue weighted by molar-refractivity contribution is 9.10. The fourth-order valence-corrected chi connectivity index (χ4v) is 3.34. The second-order valence-electron chi connectivity index (χ2n) is 6.12. The average Bonchev–Trinajstić information content (AvgIpc) is 3.20. The van der Waals surface area contributed by atoms with Gasteiger partial charge in [-0.15, -0.1) is 0 Å². The Morgan fingerprint density at radius 2 is 1.68 bits per heavy atom. The second kappa shape index (κ2) is 8.58. The summed E-state index contributed by atoms with van der Waals surface area (Å²) in [5.41, 5.74) is 3.03. The van der Waals surface area contributed by atoms with E-state index in [1.807, 2.05) is 31.2 Å². The van der Waals surface area contributed by atoms with Crippen molar-refractivity contribution in [1.29, 1.82) is 0 Å². The third-order valence-electron chi connectivity index (χ3n) is 4.31. The molecule has 6 nitrogen and oxygen atoms in total. The first-order valence-electron chi connectivity index (χ1n) is 8.49. The molecule has 0 aliphatic rings. The van der Waals surface area contributed by atoms with Gasteiger partial charge >= 0.3 is 0 Å². The number of ether oxygens (including phenoxy) is 3. The number of Topliss-reactive ketones (excluding diaryl/α,β-unsaturated/α-hetero) is 1. The van der Waals surface area contributed by atoms with Gasteiger partial charge in [-0.05, 0) is 40.5 Å². The lowest BCUT2D eigenvalue weighted by Crippen LogP contribution is -2.15. The van der Waals surface area contributed by atoms with Gasteiger partial charge < -0.3 is 18.6 Å². The molecule has 0 spiro atoms. The number of halogens is 1. The van der Waals surface area contributed by atoms with Crippen molar-refractivity contribution in [3.63, 3.8) is 0 Å². The van der Waals surface area contributed by atoms with E-state index in [2.05, 4.69) is 20.9 Å². The van der Waals surface area contributed by atoms with Crippen LogP contribution in [0, 0.1) is 6.92 Å². The number of ketones is 1. The Balaban J connectivity index is 1.93. The first-order valence-corrected chi connectivity index (χ1v) is 9.28. The van der Waals surface area contributed by atoms with Gasteiger partial charge in [0.2, 0.25) is 0 Å². The molecule has 0 radical (unpaired) electrons. The molecule has 1 unspecified atom stereocenters. The number of benzene rings is 2. The molecule has 0 amide bonds. The van der Waals surface area contributed by atoms with E-state index in [0.717, 1.165) is 11.1 Å². The van der Waals surface area contributed by atoms with E-state index in [9.17, 15) is 4.79 Å². The van der Waals surface area contributed by atoms with Gasteiger partial charge in [0.15, 0.2) is 6.10 Å². The monoisotopic (exact) mass is 445 g/mol. The van der Waals surface area contributed by atoms with Crippen LogP contribution < -0.4 is 9.47 Å². The van der Waals surface area contributed by atoms with Crippen LogP contribution in [0.5, 0.6) is 11.5 Å². The summed E-state index contributed by atoms with van der Waals surface area (Å²) < 4.78 is 22.3. The van der Waals surface area contributed by atoms with Gasteiger partial charge in [-0.3, -0.25) is 4.79 Å². The molecular weight excluding hydrogens is 426 g/mol. The molecule has 28 heavy (non-hydrogen) atoms. The molecular formula is C21H20BrNO5. The number of aromatic nitrogens is 1. The smallest absolute Gasteiger partial charge is 0.266 e. The molecule has 0 saturated carbocycles. The molecule has 0 saturated heterocycles. The largest absolute Gasteiger partial charge is 0.495 e. The highest BCUT2D eigenvalue weighted by Crippen LogP contribution is 2.38. The van der Waals surface area contributed by atoms with Crippen LogP contribution in [-0.4, -0.2) is 32.1 Å². The number of carbonyl (C=O) groups excluding carboxylic acids is 1. The molecule has 2 aromatic carbocycles. The first kappa shape index (κ1) is 20.1. The van der Waals surface area contributed by atoms with Crippen molar-refractivity contribution >= 4 is 21.7 Å². The van der Waals surface area contributed by atoms with Gasteiger partial charge in [0.05, 0.1) is 14.2 Å². The average molecular weight is 446 g/mol. The first-order chi connectivity index (χ1) is 13.5. The third kappa shape index (κ3) is 3.95. The highest BCUT2D eigenvalue weighted by atomic mass is 79.9. The molecule has 0 aliphatic carbocycles. The van der Waals surface area contributed by atoms with Gasteiger partial charge in [-0.2, -0.15) is 0 Å². The molecule has 0 N–H and O–H groups in total. The minimum atomic E-state index is -0.791. The Labute approximate surface area is 171 Å². The normalized spacial score (nSPS) is 11.9. The molecule has 3 rings (SSSR count). The third-order valence-corrected chi connectivity index (χ3v) is 5.09. The second-order valence-corrected chi connectivity index (χ2v) is 6.92. The molecule has 1 aromatic heterocycles. The van der Waals surface area contributed by atoms with E-state index in [4.69, 9.17) is 18.6 Å². The van der Waals surface area contributed by atoms with Gasteiger partial charge in [0, 0.05) is 12.7 Å². The zero-order valence-corrected chi connectivity index (χ0v) is 17.6. The topological polar surface area (TPSA) is 70.8 Å². The van der Waals surface area contributed by atoms with Crippen LogP contribution in [0.3, 0.4) is 0 Å². The Morgan fingerprint density at radius 3 is 2.21 bits per heavy atom. The van der Waals surface area contributed by atoms with Crippen molar-refractivity contribution in [1.82, 2.24) is 4.98 Å². The SMILES string of the molecule is COc1cc(-c2coc(C(=O)C(OC)c3ccc(C)cc3)n2)cc(OC)c1Br. The maximum Gasteiger partial charge on any atom is 0.266 e. The van der Waals surface area contributed by atoms with Crippen molar-refractivity contribution in [2.24, 2.45) is 0 Å². The molecule has 0 bridgehead atoms. The maximum atomic E-state index is 12.9. The molecule has 146 valence electrons. The van der Waals surface area contributed by atoms with E-state index < -0.39 is 6.10 Å². The summed E-state index contributed by atoms with van der Waals surface area (Å²) in [5.74, 6) is 0.788.